The van der Waals surface area contributed by atoms with E-state index < -0.39 is 4.92 Å². The lowest BCUT2D eigenvalue weighted by atomic mass is 10.1. The second kappa shape index (κ2) is 5.85. The van der Waals surface area contributed by atoms with Gasteiger partial charge in [-0.15, -0.1) is 0 Å². The Hall–Kier alpha value is -1.89. The van der Waals surface area contributed by atoms with Crippen LogP contribution in [0.25, 0.3) is 0 Å². The summed E-state index contributed by atoms with van der Waals surface area (Å²) in [4.78, 5) is 25.1. The van der Waals surface area contributed by atoms with Crippen molar-refractivity contribution in [3.8, 4) is 0 Å². The highest BCUT2D eigenvalue weighted by Gasteiger charge is 2.30. The summed E-state index contributed by atoms with van der Waals surface area (Å²) in [5.74, 6) is -0.141. The van der Waals surface area contributed by atoms with Gasteiger partial charge in [-0.25, -0.2) is 0 Å². The summed E-state index contributed by atoms with van der Waals surface area (Å²) < 4.78 is 1.68. The number of carbonyl (C=O) groups excluding carboxylic acids is 1. The number of amides is 1. The lowest BCUT2D eigenvalue weighted by Crippen LogP contribution is -2.56. The molecule has 1 aromatic heterocycles. The first-order valence-electron chi connectivity index (χ1n) is 7.22. The molecule has 0 aliphatic carbocycles. The summed E-state index contributed by atoms with van der Waals surface area (Å²) in [5, 5.41) is 14.3. The van der Waals surface area contributed by atoms with E-state index in [4.69, 9.17) is 0 Å². The smallest absolute Gasteiger partial charge is 0.287 e. The van der Waals surface area contributed by atoms with Crippen LogP contribution >= 0.6 is 0 Å². The molecule has 0 radical (unpaired) electrons. The van der Waals surface area contributed by atoms with Crippen LogP contribution in [0.2, 0.25) is 0 Å². The van der Waals surface area contributed by atoms with Gasteiger partial charge in [0.2, 0.25) is 0 Å². The highest BCUT2D eigenvalue weighted by atomic mass is 16.6. The van der Waals surface area contributed by atoms with E-state index in [0.717, 1.165) is 6.54 Å². The number of hydrogen-bond acceptors (Lipinski definition) is 4. The number of hydrogen-bond donors (Lipinski definition) is 1. The quantitative estimate of drug-likeness (QED) is 0.681. The van der Waals surface area contributed by atoms with Gasteiger partial charge in [-0.1, -0.05) is 0 Å². The van der Waals surface area contributed by atoms with Crippen molar-refractivity contribution in [2.75, 3.05) is 13.1 Å². The number of nitrogens with one attached hydrogen (secondary N) is 1. The number of nitrogens with zero attached hydrogens (tertiary/aromatic N) is 3. The molecule has 116 valence electrons. The third-order valence-electron chi connectivity index (χ3n) is 3.85. The largest absolute Gasteiger partial charge is 0.335 e. The fourth-order valence-corrected chi connectivity index (χ4v) is 2.61. The third kappa shape index (κ3) is 3.07. The molecule has 1 aliphatic rings. The average Bonchev–Trinajstić information content (AvgIpc) is 2.86. The highest BCUT2D eigenvalue weighted by Crippen LogP contribution is 2.23. The first-order chi connectivity index (χ1) is 9.81. The molecular weight excluding hydrogens is 272 g/mol. The molecule has 1 fully saturated rings. The second-order valence-electron chi connectivity index (χ2n) is 5.96. The van der Waals surface area contributed by atoms with Crippen molar-refractivity contribution < 1.29 is 9.72 Å². The molecule has 0 bridgehead atoms. The zero-order valence-electron chi connectivity index (χ0n) is 12.9. The molecule has 2 rings (SSSR count). The molecule has 1 N–H and O–H groups in total. The molecule has 21 heavy (non-hydrogen) atoms. The number of nitro groups is 1. The van der Waals surface area contributed by atoms with E-state index in [9.17, 15) is 14.9 Å². The van der Waals surface area contributed by atoms with Gasteiger partial charge >= 0.3 is 0 Å². The summed E-state index contributed by atoms with van der Waals surface area (Å²) in [6, 6.07) is 1.67. The Kier molecular flexibility index (Phi) is 4.32. The minimum atomic E-state index is -0.459. The molecule has 0 saturated carbocycles. The zero-order valence-corrected chi connectivity index (χ0v) is 12.9. The molecule has 0 aromatic carbocycles. The van der Waals surface area contributed by atoms with E-state index in [1.165, 1.54) is 12.3 Å². The van der Waals surface area contributed by atoms with Crippen molar-refractivity contribution >= 4 is 11.6 Å². The fourth-order valence-electron chi connectivity index (χ4n) is 2.61. The van der Waals surface area contributed by atoms with Crippen LogP contribution < -0.4 is 5.32 Å². The summed E-state index contributed by atoms with van der Waals surface area (Å²) in [6.07, 6.45) is 1.44. The first kappa shape index (κ1) is 15.5. The lowest BCUT2D eigenvalue weighted by molar-refractivity contribution is -0.384. The van der Waals surface area contributed by atoms with Gasteiger partial charge in [0.1, 0.15) is 5.69 Å². The van der Waals surface area contributed by atoms with Crippen LogP contribution in [0.1, 0.15) is 44.2 Å². The van der Waals surface area contributed by atoms with E-state index in [0.29, 0.717) is 12.2 Å². The predicted molar refractivity (Wildman–Crippen MR) is 79.4 cm³/mol. The molecule has 2 atom stereocenters. The zero-order chi connectivity index (χ0) is 15.7. The topological polar surface area (TPSA) is 80.4 Å². The Morgan fingerprint density at radius 2 is 2.14 bits per heavy atom. The molecule has 0 spiro atoms. The van der Waals surface area contributed by atoms with Gasteiger partial charge < -0.3 is 14.8 Å². The molecular formula is C14H22N4O3. The molecule has 7 heteroatoms. The standard InChI is InChI=1S/C14H22N4O3/c1-9(2)16-8-12(18(20)21)5-13(16)14(19)17-7-10(3)15-6-11(17)4/h5,8-11,15H,6-7H2,1-4H3. The van der Waals surface area contributed by atoms with Crippen LogP contribution in [0.3, 0.4) is 0 Å². The van der Waals surface area contributed by atoms with Crippen molar-refractivity contribution in [2.45, 2.75) is 45.8 Å². The summed E-state index contributed by atoms with van der Waals surface area (Å²) in [5.41, 5.74) is 0.348. The first-order valence-corrected chi connectivity index (χ1v) is 7.22. The van der Waals surface area contributed by atoms with Crippen LogP contribution in [0.15, 0.2) is 12.3 Å². The molecule has 1 amide bonds. The van der Waals surface area contributed by atoms with Crippen molar-refractivity contribution in [1.29, 1.82) is 0 Å². The average molecular weight is 294 g/mol. The highest BCUT2D eigenvalue weighted by molar-refractivity contribution is 5.94. The molecule has 7 nitrogen and oxygen atoms in total. The minimum Gasteiger partial charge on any atom is -0.335 e. The summed E-state index contributed by atoms with van der Waals surface area (Å²) in [6.45, 7) is 9.16. The van der Waals surface area contributed by atoms with Gasteiger partial charge in [0.15, 0.2) is 0 Å². The molecule has 1 saturated heterocycles. The Morgan fingerprint density at radius 1 is 1.48 bits per heavy atom. The minimum absolute atomic E-state index is 0.00621. The maximum atomic E-state index is 12.8. The number of aromatic nitrogens is 1. The molecule has 1 aliphatic heterocycles. The van der Waals surface area contributed by atoms with Crippen molar-refractivity contribution in [3.63, 3.8) is 0 Å². The molecule has 2 heterocycles. The van der Waals surface area contributed by atoms with E-state index in [1.54, 1.807) is 9.47 Å². The van der Waals surface area contributed by atoms with Gasteiger partial charge in [0.05, 0.1) is 11.1 Å². The Labute approximate surface area is 124 Å². The summed E-state index contributed by atoms with van der Waals surface area (Å²) >= 11 is 0. The summed E-state index contributed by atoms with van der Waals surface area (Å²) in [7, 11) is 0. The van der Waals surface area contributed by atoms with Gasteiger partial charge in [-0.05, 0) is 27.7 Å². The molecule has 2 unspecified atom stereocenters. The Bertz CT molecular complexity index is 552. The monoisotopic (exact) mass is 294 g/mol. The van der Waals surface area contributed by atoms with Gasteiger partial charge in [-0.2, -0.15) is 0 Å². The van der Waals surface area contributed by atoms with E-state index >= 15 is 0 Å². The van der Waals surface area contributed by atoms with E-state index in [1.807, 2.05) is 27.7 Å². The van der Waals surface area contributed by atoms with E-state index in [-0.39, 0.29) is 29.7 Å². The maximum Gasteiger partial charge on any atom is 0.287 e. The van der Waals surface area contributed by atoms with Crippen LogP contribution in [0.5, 0.6) is 0 Å². The fraction of sp³-hybridized carbons (Fsp3) is 0.643. The SMILES string of the molecule is CC1CN(C(=O)c2cc([N+](=O)[O-])cn2C(C)C)C(C)CN1. The van der Waals surface area contributed by atoms with Crippen LogP contribution in [0, 0.1) is 10.1 Å². The van der Waals surface area contributed by atoms with Gasteiger partial charge in [0.25, 0.3) is 11.6 Å². The Morgan fingerprint density at radius 3 is 2.71 bits per heavy atom. The number of piperazine rings is 1. The van der Waals surface area contributed by atoms with Gasteiger partial charge in [-0.3, -0.25) is 14.9 Å². The lowest BCUT2D eigenvalue weighted by Gasteiger charge is -2.37. The third-order valence-corrected chi connectivity index (χ3v) is 3.85. The number of carbonyl (C=O) groups is 1. The predicted octanol–water partition coefficient (Wildman–Crippen LogP) is 1.80. The Balaban J connectivity index is 2.35. The maximum absolute atomic E-state index is 12.8. The second-order valence-corrected chi connectivity index (χ2v) is 5.96. The van der Waals surface area contributed by atoms with Crippen LogP contribution in [-0.4, -0.2) is 45.5 Å². The van der Waals surface area contributed by atoms with Crippen molar-refractivity contribution in [3.05, 3.63) is 28.1 Å². The van der Waals surface area contributed by atoms with Crippen molar-refractivity contribution in [2.24, 2.45) is 0 Å². The molecule has 1 aromatic rings. The normalized spacial score (nSPS) is 22.6. The van der Waals surface area contributed by atoms with Crippen LogP contribution in [-0.2, 0) is 0 Å². The van der Waals surface area contributed by atoms with E-state index in [2.05, 4.69) is 5.32 Å². The van der Waals surface area contributed by atoms with Gasteiger partial charge in [0, 0.05) is 37.3 Å². The van der Waals surface area contributed by atoms with Crippen molar-refractivity contribution in [1.82, 2.24) is 14.8 Å². The van der Waals surface area contributed by atoms with Crippen LogP contribution in [0.4, 0.5) is 5.69 Å². The number of rotatable bonds is 3.